The van der Waals surface area contributed by atoms with Gasteiger partial charge in [-0.3, -0.25) is 10.1 Å². The molecular formula is C17H15FN4O4. The van der Waals surface area contributed by atoms with Gasteiger partial charge >= 0.3 is 5.69 Å². The Bertz CT molecular complexity index is 986. The van der Waals surface area contributed by atoms with Crippen LogP contribution in [0.25, 0.3) is 11.0 Å². The van der Waals surface area contributed by atoms with E-state index in [0.717, 1.165) is 17.7 Å². The van der Waals surface area contributed by atoms with Gasteiger partial charge in [0, 0.05) is 24.9 Å². The number of ether oxygens (including phenoxy) is 1. The highest BCUT2D eigenvalue weighted by Crippen LogP contribution is 2.37. The van der Waals surface area contributed by atoms with Crippen LogP contribution >= 0.6 is 0 Å². The average Bonchev–Trinajstić information content (AvgIpc) is 3.04. The minimum absolute atomic E-state index is 0.0181. The monoisotopic (exact) mass is 358 g/mol. The first-order valence-electron chi connectivity index (χ1n) is 8.09. The summed E-state index contributed by atoms with van der Waals surface area (Å²) in [5, 5.41) is 18.7. The van der Waals surface area contributed by atoms with Crippen LogP contribution in [-0.4, -0.2) is 34.5 Å². The van der Waals surface area contributed by atoms with Gasteiger partial charge in [-0.25, -0.2) is 9.02 Å². The summed E-state index contributed by atoms with van der Waals surface area (Å²) in [5.74, 6) is -0.331. The van der Waals surface area contributed by atoms with Crippen molar-refractivity contribution < 1.29 is 18.7 Å². The van der Waals surface area contributed by atoms with Crippen LogP contribution in [0.3, 0.4) is 0 Å². The molecule has 1 aromatic heterocycles. The molecule has 2 heterocycles. The van der Waals surface area contributed by atoms with E-state index in [4.69, 9.17) is 9.37 Å². The number of aromatic nitrogens is 2. The molecule has 1 aliphatic rings. The summed E-state index contributed by atoms with van der Waals surface area (Å²) in [6.07, 6.45) is 0.925. The van der Waals surface area contributed by atoms with Crippen molar-refractivity contribution >= 4 is 28.1 Å². The third-order valence-corrected chi connectivity index (χ3v) is 4.49. The zero-order valence-electron chi connectivity index (χ0n) is 13.9. The Morgan fingerprint density at radius 2 is 2.00 bits per heavy atom. The molecule has 1 fully saturated rings. The van der Waals surface area contributed by atoms with Crippen LogP contribution in [0.5, 0.6) is 0 Å². The SMILES string of the molecule is Cc1cc(F)ccc1N(C[C@H]1CCO1)c1ccc([N+](=O)[O-])c2nonc12. The van der Waals surface area contributed by atoms with E-state index in [9.17, 15) is 14.5 Å². The Balaban J connectivity index is 1.86. The third-order valence-electron chi connectivity index (χ3n) is 4.49. The normalized spacial score (nSPS) is 16.5. The van der Waals surface area contributed by atoms with E-state index in [0.29, 0.717) is 18.8 Å². The molecule has 134 valence electrons. The summed E-state index contributed by atoms with van der Waals surface area (Å²) in [6, 6.07) is 7.46. The number of hydrogen-bond donors (Lipinski definition) is 0. The number of nitro groups is 1. The molecule has 1 saturated heterocycles. The number of benzene rings is 2. The largest absolute Gasteiger partial charge is 0.376 e. The van der Waals surface area contributed by atoms with Crippen molar-refractivity contribution in [3.63, 3.8) is 0 Å². The molecule has 2 aromatic carbocycles. The highest BCUT2D eigenvalue weighted by molar-refractivity contribution is 5.95. The van der Waals surface area contributed by atoms with Crippen LogP contribution in [0, 0.1) is 22.9 Å². The van der Waals surface area contributed by atoms with Gasteiger partial charge < -0.3 is 9.64 Å². The second-order valence-corrected chi connectivity index (χ2v) is 6.15. The van der Waals surface area contributed by atoms with Crippen LogP contribution < -0.4 is 4.90 Å². The molecule has 1 aliphatic heterocycles. The Hall–Kier alpha value is -3.07. The zero-order chi connectivity index (χ0) is 18.3. The number of halogens is 1. The molecule has 0 unspecified atom stereocenters. The number of rotatable bonds is 5. The summed E-state index contributed by atoms with van der Waals surface area (Å²) in [5.41, 5.74) is 2.26. The number of anilines is 2. The fraction of sp³-hybridized carbons (Fsp3) is 0.294. The van der Waals surface area contributed by atoms with E-state index < -0.39 is 4.92 Å². The quantitative estimate of drug-likeness (QED) is 0.509. The number of nitrogens with zero attached hydrogens (tertiary/aromatic N) is 4. The number of non-ortho nitro benzene ring substituents is 1. The second-order valence-electron chi connectivity index (χ2n) is 6.15. The average molecular weight is 358 g/mol. The van der Waals surface area contributed by atoms with E-state index in [1.807, 2.05) is 4.90 Å². The van der Waals surface area contributed by atoms with Gasteiger partial charge in [0.05, 0.1) is 16.7 Å². The first-order chi connectivity index (χ1) is 12.5. The molecule has 0 bridgehead atoms. The summed E-state index contributed by atoms with van der Waals surface area (Å²) in [4.78, 5) is 12.6. The molecule has 0 saturated carbocycles. The highest BCUT2D eigenvalue weighted by atomic mass is 19.1. The lowest BCUT2D eigenvalue weighted by molar-refractivity contribution is -0.383. The number of aryl methyl sites for hydroxylation is 1. The Labute approximate surface area is 147 Å². The van der Waals surface area contributed by atoms with Crippen molar-refractivity contribution in [1.82, 2.24) is 10.3 Å². The standard InChI is InChI=1S/C17H15FN4O4/c1-10-8-11(18)2-3-13(10)21(9-12-6-7-25-12)14-4-5-15(22(23)24)17-16(14)19-26-20-17/h2-5,8,12H,6-7,9H2,1H3/t12-/m1/s1. The van der Waals surface area contributed by atoms with E-state index in [1.54, 1.807) is 19.1 Å². The van der Waals surface area contributed by atoms with Gasteiger partial charge in [-0.05, 0) is 53.5 Å². The van der Waals surface area contributed by atoms with E-state index in [2.05, 4.69) is 10.3 Å². The topological polar surface area (TPSA) is 94.5 Å². The van der Waals surface area contributed by atoms with Crippen molar-refractivity contribution in [2.75, 3.05) is 18.1 Å². The van der Waals surface area contributed by atoms with Crippen molar-refractivity contribution in [3.8, 4) is 0 Å². The van der Waals surface area contributed by atoms with Gasteiger partial charge in [0.25, 0.3) is 0 Å². The molecule has 26 heavy (non-hydrogen) atoms. The Morgan fingerprint density at radius 1 is 1.27 bits per heavy atom. The van der Waals surface area contributed by atoms with Gasteiger partial charge in [-0.2, -0.15) is 0 Å². The zero-order valence-corrected chi connectivity index (χ0v) is 13.9. The summed E-state index contributed by atoms with van der Waals surface area (Å²) >= 11 is 0. The lowest BCUT2D eigenvalue weighted by atomic mass is 10.1. The highest BCUT2D eigenvalue weighted by Gasteiger charge is 2.28. The van der Waals surface area contributed by atoms with Gasteiger partial charge in [0.1, 0.15) is 5.82 Å². The number of nitro benzene ring substituents is 1. The molecule has 0 N–H and O–H groups in total. The summed E-state index contributed by atoms with van der Waals surface area (Å²) < 4.78 is 23.8. The molecular weight excluding hydrogens is 343 g/mol. The maximum atomic E-state index is 13.5. The predicted octanol–water partition coefficient (Wildman–Crippen LogP) is 3.51. The Kier molecular flexibility index (Phi) is 4.00. The third kappa shape index (κ3) is 2.76. The van der Waals surface area contributed by atoms with Crippen LogP contribution in [0.15, 0.2) is 35.0 Å². The fourth-order valence-corrected chi connectivity index (χ4v) is 3.09. The van der Waals surface area contributed by atoms with Gasteiger partial charge in [0.15, 0.2) is 5.52 Å². The lowest BCUT2D eigenvalue weighted by Crippen LogP contribution is -2.38. The van der Waals surface area contributed by atoms with Crippen LogP contribution in [0.2, 0.25) is 0 Å². The number of fused-ring (bicyclic) bond motifs is 1. The molecule has 0 radical (unpaired) electrons. The molecule has 3 aromatic rings. The predicted molar refractivity (Wildman–Crippen MR) is 91.0 cm³/mol. The molecule has 0 aliphatic carbocycles. The van der Waals surface area contributed by atoms with Crippen molar-refractivity contribution in [2.45, 2.75) is 19.4 Å². The smallest absolute Gasteiger partial charge is 0.300 e. The molecule has 4 rings (SSSR count). The minimum atomic E-state index is -0.529. The summed E-state index contributed by atoms with van der Waals surface area (Å²) in [7, 11) is 0. The summed E-state index contributed by atoms with van der Waals surface area (Å²) in [6.45, 7) is 3.00. The van der Waals surface area contributed by atoms with Crippen LogP contribution in [-0.2, 0) is 4.74 Å². The van der Waals surface area contributed by atoms with Gasteiger partial charge in [0.2, 0.25) is 5.52 Å². The maximum absolute atomic E-state index is 13.5. The molecule has 0 spiro atoms. The van der Waals surface area contributed by atoms with Crippen molar-refractivity contribution in [1.29, 1.82) is 0 Å². The molecule has 0 amide bonds. The molecule has 8 nitrogen and oxygen atoms in total. The van der Waals surface area contributed by atoms with Gasteiger partial charge in [-0.1, -0.05) is 0 Å². The van der Waals surface area contributed by atoms with Crippen LogP contribution in [0.4, 0.5) is 21.5 Å². The fourth-order valence-electron chi connectivity index (χ4n) is 3.09. The second kappa shape index (κ2) is 6.34. The minimum Gasteiger partial charge on any atom is -0.376 e. The first kappa shape index (κ1) is 16.4. The van der Waals surface area contributed by atoms with Crippen molar-refractivity contribution in [2.24, 2.45) is 0 Å². The molecule has 9 heteroatoms. The van der Waals surface area contributed by atoms with Crippen molar-refractivity contribution in [3.05, 3.63) is 51.8 Å². The maximum Gasteiger partial charge on any atom is 0.300 e. The number of hydrogen-bond acceptors (Lipinski definition) is 7. The van der Waals surface area contributed by atoms with Gasteiger partial charge in [-0.15, -0.1) is 0 Å². The van der Waals surface area contributed by atoms with E-state index in [-0.39, 0.29) is 28.6 Å². The van der Waals surface area contributed by atoms with Crippen LogP contribution in [0.1, 0.15) is 12.0 Å². The van der Waals surface area contributed by atoms with E-state index >= 15 is 0 Å². The lowest BCUT2D eigenvalue weighted by Gasteiger charge is -2.34. The molecule has 1 atom stereocenters. The Morgan fingerprint density at radius 3 is 2.65 bits per heavy atom. The van der Waals surface area contributed by atoms with E-state index in [1.165, 1.54) is 18.2 Å². The first-order valence-corrected chi connectivity index (χ1v) is 8.09.